The molecule has 6 rings (SSSR count). The van der Waals surface area contributed by atoms with Crippen LogP contribution in [0, 0.1) is 5.92 Å². The van der Waals surface area contributed by atoms with Gasteiger partial charge >= 0.3 is 6.03 Å². The molecule has 0 unspecified atom stereocenters. The predicted octanol–water partition coefficient (Wildman–Crippen LogP) is 7.52. The molecule has 2 aliphatic rings. The zero-order valence-electron chi connectivity index (χ0n) is 26.9. The molecule has 9 nitrogen and oxygen atoms in total. The summed E-state index contributed by atoms with van der Waals surface area (Å²) in [6, 6.07) is 32.3. The second-order valence-corrected chi connectivity index (χ2v) is 12.2. The van der Waals surface area contributed by atoms with Gasteiger partial charge in [0.25, 0.3) is 0 Å². The number of urea groups is 1. The summed E-state index contributed by atoms with van der Waals surface area (Å²) >= 11 is 0. The van der Waals surface area contributed by atoms with Crippen LogP contribution >= 0.6 is 0 Å². The van der Waals surface area contributed by atoms with Gasteiger partial charge in [-0.15, -0.1) is 0 Å². The van der Waals surface area contributed by atoms with Gasteiger partial charge in [0.05, 0.1) is 25.4 Å². The van der Waals surface area contributed by atoms with Crippen molar-refractivity contribution in [3.63, 3.8) is 0 Å². The van der Waals surface area contributed by atoms with Crippen molar-refractivity contribution in [2.75, 3.05) is 37.4 Å². The molecule has 0 aliphatic carbocycles. The summed E-state index contributed by atoms with van der Waals surface area (Å²) in [6.45, 7) is 4.66. The van der Waals surface area contributed by atoms with Crippen LogP contribution in [0.15, 0.2) is 103 Å². The lowest BCUT2D eigenvalue weighted by atomic mass is 9.90. The molecular weight excluding hydrogens is 594 g/mol. The van der Waals surface area contributed by atoms with Gasteiger partial charge in [-0.3, -0.25) is 4.90 Å². The van der Waals surface area contributed by atoms with Crippen LogP contribution in [0.5, 0.6) is 11.5 Å². The van der Waals surface area contributed by atoms with Crippen LogP contribution in [0.1, 0.15) is 48.8 Å². The Kier molecular flexibility index (Phi) is 10.8. The minimum Gasteiger partial charge on any atom is -0.457 e. The van der Waals surface area contributed by atoms with Crippen molar-refractivity contribution in [3.8, 4) is 11.5 Å². The molecule has 5 atom stereocenters. The molecule has 47 heavy (non-hydrogen) atoms. The Bertz CT molecular complexity index is 1580. The molecule has 2 amide bonds. The predicted molar refractivity (Wildman–Crippen MR) is 181 cm³/mol. The van der Waals surface area contributed by atoms with Crippen molar-refractivity contribution in [1.29, 1.82) is 0 Å². The molecule has 2 fully saturated rings. The number of hydrogen-bond donors (Lipinski definition) is 3. The summed E-state index contributed by atoms with van der Waals surface area (Å²) in [6.07, 6.45) is 1.31. The maximum Gasteiger partial charge on any atom is 0.323 e. The van der Waals surface area contributed by atoms with Gasteiger partial charge in [-0.2, -0.15) is 0 Å². The van der Waals surface area contributed by atoms with Crippen molar-refractivity contribution in [2.24, 2.45) is 5.92 Å². The number of aliphatic hydroxyl groups is 1. The van der Waals surface area contributed by atoms with Gasteiger partial charge in [-0.25, -0.2) is 4.79 Å². The number of aliphatic hydroxyl groups excluding tert-OH is 1. The molecule has 246 valence electrons. The molecule has 4 aromatic rings. The number of para-hydroxylation sites is 1. The van der Waals surface area contributed by atoms with E-state index in [2.05, 4.69) is 22.5 Å². The molecule has 9 heteroatoms. The number of benzene rings is 4. The first-order valence-corrected chi connectivity index (χ1v) is 16.2. The lowest BCUT2D eigenvalue weighted by Crippen LogP contribution is -2.46. The van der Waals surface area contributed by atoms with Gasteiger partial charge in [0, 0.05) is 42.6 Å². The smallest absolute Gasteiger partial charge is 0.323 e. The van der Waals surface area contributed by atoms with Crippen LogP contribution in [-0.2, 0) is 20.8 Å². The third kappa shape index (κ3) is 8.38. The van der Waals surface area contributed by atoms with E-state index in [1.165, 1.54) is 0 Å². The van der Waals surface area contributed by atoms with Crippen molar-refractivity contribution in [2.45, 2.75) is 50.9 Å². The van der Waals surface area contributed by atoms with Crippen molar-refractivity contribution >= 4 is 17.4 Å². The van der Waals surface area contributed by atoms with E-state index >= 15 is 0 Å². The first-order chi connectivity index (χ1) is 23.0. The molecule has 0 bridgehead atoms. The number of hydrogen-bond acceptors (Lipinski definition) is 7. The first-order valence-electron chi connectivity index (χ1n) is 16.2. The van der Waals surface area contributed by atoms with Gasteiger partial charge in [-0.05, 0) is 79.0 Å². The minimum atomic E-state index is -0.635. The Morgan fingerprint density at radius 2 is 1.62 bits per heavy atom. The Morgan fingerprint density at radius 1 is 0.872 bits per heavy atom. The van der Waals surface area contributed by atoms with E-state index in [1.54, 1.807) is 19.2 Å². The fourth-order valence-corrected chi connectivity index (χ4v) is 6.36. The number of nitrogens with one attached hydrogen (secondary N) is 2. The second-order valence-electron chi connectivity index (χ2n) is 12.2. The number of anilines is 2. The van der Waals surface area contributed by atoms with Crippen molar-refractivity contribution < 1.29 is 28.8 Å². The zero-order chi connectivity index (χ0) is 32.6. The van der Waals surface area contributed by atoms with Crippen LogP contribution in [-0.4, -0.2) is 55.0 Å². The Morgan fingerprint density at radius 3 is 2.36 bits per heavy atom. The van der Waals surface area contributed by atoms with Crippen molar-refractivity contribution in [1.82, 2.24) is 4.90 Å². The van der Waals surface area contributed by atoms with E-state index in [1.807, 2.05) is 91.0 Å². The fourth-order valence-electron chi connectivity index (χ4n) is 6.36. The molecule has 3 N–H and O–H groups in total. The topological polar surface area (TPSA) is 102 Å². The summed E-state index contributed by atoms with van der Waals surface area (Å²) in [7, 11) is 1.76. The summed E-state index contributed by atoms with van der Waals surface area (Å²) in [5, 5.41) is 15.4. The maximum absolute atomic E-state index is 13.0. The Labute approximate surface area is 276 Å². The number of carbonyl (C=O) groups excluding carboxylic acids is 1. The van der Waals surface area contributed by atoms with Crippen LogP contribution in [0.3, 0.4) is 0 Å². The number of carbonyl (C=O) groups is 1. The number of amides is 2. The molecule has 2 aliphatic heterocycles. The van der Waals surface area contributed by atoms with Crippen LogP contribution in [0.25, 0.3) is 0 Å². The maximum atomic E-state index is 13.0. The highest BCUT2D eigenvalue weighted by molar-refractivity contribution is 5.99. The minimum absolute atomic E-state index is 0.00702. The third-order valence-corrected chi connectivity index (χ3v) is 8.90. The lowest BCUT2D eigenvalue weighted by molar-refractivity contribution is -0.276. The van der Waals surface area contributed by atoms with E-state index < -0.39 is 6.29 Å². The number of rotatable bonds is 11. The van der Waals surface area contributed by atoms with Gasteiger partial charge in [0.1, 0.15) is 11.5 Å². The normalized spacial score (nSPS) is 22.9. The van der Waals surface area contributed by atoms with E-state index in [9.17, 15) is 9.90 Å². The van der Waals surface area contributed by atoms with E-state index in [-0.39, 0.29) is 30.8 Å². The molecule has 4 aromatic carbocycles. The van der Waals surface area contributed by atoms with Gasteiger partial charge < -0.3 is 34.7 Å². The molecule has 0 radical (unpaired) electrons. The number of nitrogens with zero attached hydrogens (tertiary/aromatic N) is 1. The highest BCUT2D eigenvalue weighted by Gasteiger charge is 2.40. The molecular formula is C38H43N3O6. The number of methoxy groups -OCH3 is 1. The van der Waals surface area contributed by atoms with Crippen LogP contribution in [0.4, 0.5) is 16.2 Å². The molecule has 0 spiro atoms. The van der Waals surface area contributed by atoms with E-state index in [0.29, 0.717) is 29.8 Å². The van der Waals surface area contributed by atoms with Gasteiger partial charge in [-0.1, -0.05) is 61.5 Å². The average molecular weight is 638 g/mol. The third-order valence-electron chi connectivity index (χ3n) is 8.90. The lowest BCUT2D eigenvalue weighted by Gasteiger charge is -2.43. The fraction of sp³-hybridized carbons (Fsp3) is 0.342. The van der Waals surface area contributed by atoms with E-state index in [4.69, 9.17) is 18.9 Å². The number of ether oxygens (including phenoxy) is 4. The highest BCUT2D eigenvalue weighted by atomic mass is 16.7. The van der Waals surface area contributed by atoms with Crippen LogP contribution in [0.2, 0.25) is 0 Å². The van der Waals surface area contributed by atoms with Crippen molar-refractivity contribution in [3.05, 3.63) is 120 Å². The summed E-state index contributed by atoms with van der Waals surface area (Å²) < 4.78 is 24.7. The Hall–Kier alpha value is -4.25. The zero-order valence-corrected chi connectivity index (χ0v) is 26.9. The summed E-state index contributed by atoms with van der Waals surface area (Å²) in [4.78, 5) is 15.4. The molecule has 0 aromatic heterocycles. The second kappa shape index (κ2) is 15.6. The van der Waals surface area contributed by atoms with Gasteiger partial charge in [0.15, 0.2) is 6.29 Å². The molecule has 2 heterocycles. The van der Waals surface area contributed by atoms with Crippen LogP contribution < -0.4 is 15.4 Å². The standard InChI is InChI=1S/C38H43N3O6/c1-26-35(23-41-21-7-10-32(41)25-44-2)46-37(47-36(26)28-15-13-27(24-42)14-16-28)29-8-6-9-31(22-29)40-38(43)39-30-17-19-34(20-18-30)45-33-11-4-3-5-12-33/h3-6,8-9,11-20,22,26,32,35-37,42H,7,10,21,23-25H2,1-2H3,(H2,39,40,43)/t26-,32+,35+,36+,37+/m1/s1. The molecule has 0 saturated carbocycles. The summed E-state index contributed by atoms with van der Waals surface area (Å²) in [5.41, 5.74) is 3.97. The monoisotopic (exact) mass is 637 g/mol. The first kappa shape index (κ1) is 32.7. The molecule has 2 saturated heterocycles. The number of likely N-dealkylation sites (tertiary alicyclic amines) is 1. The Balaban J connectivity index is 1.14. The quantitative estimate of drug-likeness (QED) is 0.156. The average Bonchev–Trinajstić information content (AvgIpc) is 3.53. The van der Waals surface area contributed by atoms with E-state index in [0.717, 1.165) is 48.4 Å². The van der Waals surface area contributed by atoms with Gasteiger partial charge in [0.2, 0.25) is 0 Å². The summed E-state index contributed by atoms with van der Waals surface area (Å²) in [5.74, 6) is 1.50. The SMILES string of the molecule is COC[C@@H]1CCCN1C[C@@H]1O[C@H](c2cccc(NC(=O)Nc3ccc(Oc4ccccc4)cc3)c2)O[C@H](c2ccc(CO)cc2)[C@@H]1C. The highest BCUT2D eigenvalue weighted by Crippen LogP contribution is 2.42. The largest absolute Gasteiger partial charge is 0.457 e.